The van der Waals surface area contributed by atoms with Crippen LogP contribution in [-0.4, -0.2) is 34.9 Å². The number of methoxy groups -OCH3 is 1. The molecule has 8 nitrogen and oxygen atoms in total. The van der Waals surface area contributed by atoms with Crippen molar-refractivity contribution in [2.75, 3.05) is 18.2 Å². The molecule has 3 rings (SSSR count). The predicted molar refractivity (Wildman–Crippen MR) is 101 cm³/mol. The highest BCUT2D eigenvalue weighted by Crippen LogP contribution is 2.33. The first kappa shape index (κ1) is 19.2. The molecule has 0 aliphatic carbocycles. The molecule has 0 aliphatic heterocycles. The van der Waals surface area contributed by atoms with Crippen LogP contribution in [0.4, 0.5) is 5.00 Å². The Labute approximate surface area is 163 Å². The van der Waals surface area contributed by atoms with E-state index in [1.807, 2.05) is 13.8 Å². The summed E-state index contributed by atoms with van der Waals surface area (Å²) >= 11 is 2.44. The van der Waals surface area contributed by atoms with Gasteiger partial charge in [0.1, 0.15) is 10.8 Å². The number of nitrogens with zero attached hydrogens (tertiary/aromatic N) is 2. The molecule has 0 atom stereocenters. The summed E-state index contributed by atoms with van der Waals surface area (Å²) < 4.78 is 15.6. The molecular weight excluding hydrogens is 390 g/mol. The molecule has 3 heterocycles. The lowest BCUT2D eigenvalue weighted by molar-refractivity contribution is -0.113. The second kappa shape index (κ2) is 7.97. The zero-order valence-electron chi connectivity index (χ0n) is 15.1. The minimum Gasteiger partial charge on any atom is -0.469 e. The Morgan fingerprint density at radius 1 is 1.30 bits per heavy atom. The summed E-state index contributed by atoms with van der Waals surface area (Å²) in [6.45, 7) is 5.50. The molecule has 0 aromatic carbocycles. The van der Waals surface area contributed by atoms with Crippen molar-refractivity contribution in [3.8, 4) is 11.5 Å². The number of amides is 1. The number of furan rings is 1. The number of aryl methyl sites for hydroxylation is 2. The Kier molecular flexibility index (Phi) is 5.66. The first-order valence-corrected chi connectivity index (χ1v) is 9.69. The van der Waals surface area contributed by atoms with Gasteiger partial charge in [0.15, 0.2) is 0 Å². The van der Waals surface area contributed by atoms with E-state index in [2.05, 4.69) is 15.5 Å². The van der Waals surface area contributed by atoms with E-state index in [0.29, 0.717) is 27.8 Å². The molecule has 0 radical (unpaired) electrons. The third kappa shape index (κ3) is 4.06. The molecular formula is C17H17N3O5S2. The number of hydrogen-bond donors (Lipinski definition) is 1. The quantitative estimate of drug-likeness (QED) is 0.485. The van der Waals surface area contributed by atoms with Crippen molar-refractivity contribution in [3.05, 3.63) is 34.1 Å². The summed E-state index contributed by atoms with van der Waals surface area (Å²) in [6, 6.07) is 1.74. The summed E-state index contributed by atoms with van der Waals surface area (Å²) in [6.07, 6.45) is 1.54. The number of aromatic nitrogens is 2. The maximum atomic E-state index is 12.3. The fourth-order valence-corrected chi connectivity index (χ4v) is 3.96. The van der Waals surface area contributed by atoms with E-state index < -0.39 is 5.97 Å². The van der Waals surface area contributed by atoms with Crippen LogP contribution in [0.15, 0.2) is 26.4 Å². The second-order valence-electron chi connectivity index (χ2n) is 5.58. The van der Waals surface area contributed by atoms with Gasteiger partial charge in [-0.15, -0.1) is 21.5 Å². The molecule has 1 amide bonds. The van der Waals surface area contributed by atoms with E-state index in [0.717, 1.165) is 22.2 Å². The third-order valence-electron chi connectivity index (χ3n) is 3.85. The van der Waals surface area contributed by atoms with Crippen LogP contribution in [0.2, 0.25) is 0 Å². The molecule has 0 saturated carbocycles. The van der Waals surface area contributed by atoms with E-state index in [4.69, 9.17) is 13.6 Å². The topological polar surface area (TPSA) is 107 Å². The van der Waals surface area contributed by atoms with E-state index in [1.54, 1.807) is 19.3 Å². The molecule has 0 saturated heterocycles. The van der Waals surface area contributed by atoms with Crippen LogP contribution in [0.3, 0.4) is 0 Å². The first-order valence-electron chi connectivity index (χ1n) is 7.89. The van der Waals surface area contributed by atoms with Gasteiger partial charge in [0.05, 0.1) is 30.3 Å². The number of carbonyl (C=O) groups excluding carboxylic acids is 2. The van der Waals surface area contributed by atoms with Crippen LogP contribution < -0.4 is 5.32 Å². The number of nitrogens with one attached hydrogen (secondary N) is 1. The summed E-state index contributed by atoms with van der Waals surface area (Å²) in [5, 5.41) is 11.4. The molecule has 3 aromatic heterocycles. The van der Waals surface area contributed by atoms with E-state index in [-0.39, 0.29) is 16.9 Å². The lowest BCUT2D eigenvalue weighted by Crippen LogP contribution is -2.16. The van der Waals surface area contributed by atoms with Crippen molar-refractivity contribution in [1.82, 2.24) is 10.2 Å². The minimum absolute atomic E-state index is 0.0581. The highest BCUT2D eigenvalue weighted by Gasteiger charge is 2.22. The molecule has 0 bridgehead atoms. The van der Waals surface area contributed by atoms with Gasteiger partial charge in [-0.05, 0) is 32.4 Å². The SMILES string of the molecule is COC(=O)c1c(NC(=O)CSc2nnc(-c3ccoc3C)o2)sc(C)c1C. The van der Waals surface area contributed by atoms with Crippen molar-refractivity contribution >= 4 is 40.0 Å². The van der Waals surface area contributed by atoms with Crippen molar-refractivity contribution in [1.29, 1.82) is 0 Å². The average Bonchev–Trinajstić information content (AvgIpc) is 3.33. The monoisotopic (exact) mass is 407 g/mol. The van der Waals surface area contributed by atoms with E-state index >= 15 is 0 Å². The fraction of sp³-hybridized carbons (Fsp3) is 0.294. The summed E-state index contributed by atoms with van der Waals surface area (Å²) in [5.41, 5.74) is 1.90. The van der Waals surface area contributed by atoms with Crippen LogP contribution in [-0.2, 0) is 9.53 Å². The second-order valence-corrected chi connectivity index (χ2v) is 7.73. The van der Waals surface area contributed by atoms with Gasteiger partial charge < -0.3 is 18.9 Å². The number of esters is 1. The number of carbonyl (C=O) groups is 2. The van der Waals surface area contributed by atoms with Gasteiger partial charge in [-0.1, -0.05) is 11.8 Å². The Morgan fingerprint density at radius 3 is 2.74 bits per heavy atom. The van der Waals surface area contributed by atoms with Crippen LogP contribution in [0.5, 0.6) is 0 Å². The molecule has 0 fully saturated rings. The molecule has 142 valence electrons. The minimum atomic E-state index is -0.475. The van der Waals surface area contributed by atoms with Crippen LogP contribution >= 0.6 is 23.1 Å². The maximum Gasteiger partial charge on any atom is 0.341 e. The summed E-state index contributed by atoms with van der Waals surface area (Å²) in [4.78, 5) is 25.2. The number of rotatable bonds is 6. The molecule has 3 aromatic rings. The van der Waals surface area contributed by atoms with E-state index in [1.165, 1.54) is 18.4 Å². The fourth-order valence-electron chi connectivity index (χ4n) is 2.34. The number of thioether (sulfide) groups is 1. The zero-order valence-corrected chi connectivity index (χ0v) is 16.7. The van der Waals surface area contributed by atoms with Gasteiger partial charge in [-0.2, -0.15) is 0 Å². The van der Waals surface area contributed by atoms with Crippen LogP contribution in [0.1, 0.15) is 26.6 Å². The molecule has 0 aliphatic rings. The Balaban J connectivity index is 1.64. The van der Waals surface area contributed by atoms with Crippen molar-refractivity contribution < 1.29 is 23.2 Å². The van der Waals surface area contributed by atoms with Crippen LogP contribution in [0, 0.1) is 20.8 Å². The Hall–Kier alpha value is -2.59. The van der Waals surface area contributed by atoms with Gasteiger partial charge in [-0.3, -0.25) is 4.79 Å². The predicted octanol–water partition coefficient (Wildman–Crippen LogP) is 3.83. The number of ether oxygens (including phenoxy) is 1. The summed E-state index contributed by atoms with van der Waals surface area (Å²) in [5.74, 6) is 0.304. The normalized spacial score (nSPS) is 10.8. The largest absolute Gasteiger partial charge is 0.469 e. The molecule has 10 heteroatoms. The lowest BCUT2D eigenvalue weighted by Gasteiger charge is -2.05. The van der Waals surface area contributed by atoms with Gasteiger partial charge in [-0.25, -0.2) is 4.79 Å². The van der Waals surface area contributed by atoms with Crippen molar-refractivity contribution in [2.45, 2.75) is 26.0 Å². The average molecular weight is 407 g/mol. The van der Waals surface area contributed by atoms with E-state index in [9.17, 15) is 9.59 Å². The molecule has 0 unspecified atom stereocenters. The van der Waals surface area contributed by atoms with Crippen molar-refractivity contribution in [3.63, 3.8) is 0 Å². The molecule has 0 spiro atoms. The van der Waals surface area contributed by atoms with Gasteiger partial charge in [0.25, 0.3) is 11.1 Å². The van der Waals surface area contributed by atoms with Crippen molar-refractivity contribution in [2.24, 2.45) is 0 Å². The Bertz CT molecular complexity index is 989. The number of thiophene rings is 1. The summed E-state index contributed by atoms with van der Waals surface area (Å²) in [7, 11) is 1.31. The molecule has 1 N–H and O–H groups in total. The standard InChI is InChI=1S/C17H17N3O5S2/c1-8-10(3)27-15(13(8)16(22)23-4)18-12(21)7-26-17-20-19-14(25-17)11-5-6-24-9(11)2/h5-6H,7H2,1-4H3,(H,18,21). The van der Waals surface area contributed by atoms with Gasteiger partial charge in [0.2, 0.25) is 5.91 Å². The first-order chi connectivity index (χ1) is 12.9. The lowest BCUT2D eigenvalue weighted by atomic mass is 10.1. The van der Waals surface area contributed by atoms with Gasteiger partial charge >= 0.3 is 5.97 Å². The maximum absolute atomic E-state index is 12.3. The highest BCUT2D eigenvalue weighted by atomic mass is 32.2. The van der Waals surface area contributed by atoms with Crippen LogP contribution in [0.25, 0.3) is 11.5 Å². The zero-order chi connectivity index (χ0) is 19.6. The highest BCUT2D eigenvalue weighted by molar-refractivity contribution is 7.99. The van der Waals surface area contributed by atoms with Gasteiger partial charge in [0, 0.05) is 4.88 Å². The molecule has 27 heavy (non-hydrogen) atoms. The Morgan fingerprint density at radius 2 is 2.07 bits per heavy atom. The number of hydrogen-bond acceptors (Lipinski definition) is 9. The third-order valence-corrected chi connectivity index (χ3v) is 5.79. The smallest absolute Gasteiger partial charge is 0.341 e. The number of anilines is 1.